The fourth-order valence-electron chi connectivity index (χ4n) is 2.68. The van der Waals surface area contributed by atoms with Crippen LogP contribution in [0, 0.1) is 10.1 Å². The zero-order chi connectivity index (χ0) is 16.9. The normalized spacial score (nSPS) is 16.0. The number of hydrogen-bond donors (Lipinski definition) is 0. The van der Waals surface area contributed by atoms with E-state index in [0.29, 0.717) is 15.7 Å². The number of pyridine rings is 1. The van der Waals surface area contributed by atoms with Crippen molar-refractivity contribution in [3.8, 4) is 5.75 Å². The third-order valence-electron chi connectivity index (χ3n) is 3.72. The van der Waals surface area contributed by atoms with Crippen molar-refractivity contribution >= 4 is 38.5 Å². The Hall–Kier alpha value is -2.42. The molecule has 2 aromatic rings. The van der Waals surface area contributed by atoms with Gasteiger partial charge in [0.1, 0.15) is 17.7 Å². The predicted octanol–water partition coefficient (Wildman–Crippen LogP) is 2.41. The Labute approximate surface area is 137 Å². The first-order valence-electron chi connectivity index (χ1n) is 6.64. The van der Waals surface area contributed by atoms with Crippen molar-refractivity contribution in [1.82, 2.24) is 4.57 Å². The van der Waals surface area contributed by atoms with Crippen molar-refractivity contribution in [2.24, 2.45) is 0 Å². The van der Waals surface area contributed by atoms with Crippen LogP contribution in [-0.2, 0) is 4.74 Å². The Morgan fingerprint density at radius 1 is 1.52 bits per heavy atom. The highest BCUT2D eigenvalue weighted by Gasteiger charge is 2.30. The number of methoxy groups -OCH3 is 1. The van der Waals surface area contributed by atoms with Gasteiger partial charge in [-0.15, -0.1) is 0 Å². The van der Waals surface area contributed by atoms with Crippen molar-refractivity contribution in [3.63, 3.8) is 0 Å². The lowest BCUT2D eigenvalue weighted by Gasteiger charge is -2.26. The van der Waals surface area contributed by atoms with Crippen LogP contribution in [0.3, 0.4) is 0 Å². The molecule has 23 heavy (non-hydrogen) atoms. The quantitative estimate of drug-likeness (QED) is 0.449. The Morgan fingerprint density at radius 3 is 2.83 bits per heavy atom. The maximum atomic E-state index is 12.6. The van der Waals surface area contributed by atoms with Gasteiger partial charge in [-0.2, -0.15) is 0 Å². The SMILES string of the molecule is COC(=O)c1cc2c([N+](=O)[O-])cc(Br)c3c2n(c1=O)[C@@H](C)CO3. The molecule has 0 N–H and O–H groups in total. The first-order chi connectivity index (χ1) is 10.9. The van der Waals surface area contributed by atoms with Crippen LogP contribution in [0.2, 0.25) is 0 Å². The van der Waals surface area contributed by atoms with E-state index < -0.39 is 16.5 Å². The van der Waals surface area contributed by atoms with Gasteiger partial charge in [0, 0.05) is 6.07 Å². The van der Waals surface area contributed by atoms with Crippen LogP contribution in [0.5, 0.6) is 5.75 Å². The van der Waals surface area contributed by atoms with Gasteiger partial charge in [0.15, 0.2) is 5.75 Å². The molecule has 9 heteroatoms. The third-order valence-corrected chi connectivity index (χ3v) is 4.31. The van der Waals surface area contributed by atoms with Gasteiger partial charge < -0.3 is 9.47 Å². The number of halogens is 1. The zero-order valence-corrected chi connectivity index (χ0v) is 13.7. The number of esters is 1. The van der Waals surface area contributed by atoms with Crippen molar-refractivity contribution in [2.45, 2.75) is 13.0 Å². The van der Waals surface area contributed by atoms with Gasteiger partial charge >= 0.3 is 5.97 Å². The Kier molecular flexibility index (Phi) is 3.59. The number of ether oxygens (including phenoxy) is 2. The van der Waals surface area contributed by atoms with Gasteiger partial charge in [-0.25, -0.2) is 4.79 Å². The minimum absolute atomic E-state index is 0.153. The number of nitro groups is 1. The standard InChI is InChI=1S/C14H11BrN2O6/c1-6-5-23-12-9(15)4-10(17(20)21)7-3-8(14(19)22-2)13(18)16(6)11(7)12/h3-4,6H,5H2,1-2H3/t6-/m0/s1. The number of rotatable bonds is 2. The van der Waals surface area contributed by atoms with Crippen molar-refractivity contribution in [3.05, 3.63) is 42.6 Å². The molecule has 2 heterocycles. The lowest BCUT2D eigenvalue weighted by molar-refractivity contribution is -0.383. The molecule has 1 aromatic carbocycles. The highest BCUT2D eigenvalue weighted by atomic mass is 79.9. The number of aromatic nitrogens is 1. The molecule has 0 amide bonds. The predicted molar refractivity (Wildman–Crippen MR) is 84.1 cm³/mol. The summed E-state index contributed by atoms with van der Waals surface area (Å²) < 4.78 is 11.9. The van der Waals surface area contributed by atoms with E-state index in [2.05, 4.69) is 20.7 Å². The average molecular weight is 383 g/mol. The summed E-state index contributed by atoms with van der Waals surface area (Å²) in [6, 6.07) is 2.11. The fourth-order valence-corrected chi connectivity index (χ4v) is 3.20. The smallest absolute Gasteiger partial charge is 0.343 e. The van der Waals surface area contributed by atoms with Crippen molar-refractivity contribution in [2.75, 3.05) is 13.7 Å². The summed E-state index contributed by atoms with van der Waals surface area (Å²) in [5, 5.41) is 11.5. The monoisotopic (exact) mass is 382 g/mol. The van der Waals surface area contributed by atoms with Crippen LogP contribution in [0.25, 0.3) is 10.9 Å². The average Bonchev–Trinajstić information content (AvgIpc) is 2.52. The van der Waals surface area contributed by atoms with Gasteiger partial charge in [-0.05, 0) is 28.9 Å². The first-order valence-corrected chi connectivity index (χ1v) is 7.43. The van der Waals surface area contributed by atoms with E-state index in [4.69, 9.17) is 4.74 Å². The van der Waals surface area contributed by atoms with Gasteiger partial charge in [0.05, 0.1) is 27.9 Å². The van der Waals surface area contributed by atoms with Crippen LogP contribution in [0.15, 0.2) is 21.4 Å². The molecule has 1 atom stereocenters. The Balaban J connectivity index is 2.57. The highest BCUT2D eigenvalue weighted by molar-refractivity contribution is 9.10. The zero-order valence-electron chi connectivity index (χ0n) is 12.2. The molecule has 0 saturated heterocycles. The second-order valence-electron chi connectivity index (χ2n) is 5.11. The van der Waals surface area contributed by atoms with Crippen molar-refractivity contribution in [1.29, 1.82) is 0 Å². The van der Waals surface area contributed by atoms with E-state index in [1.165, 1.54) is 16.7 Å². The lowest BCUT2D eigenvalue weighted by Crippen LogP contribution is -2.34. The van der Waals surface area contributed by atoms with Crippen LogP contribution in [0.4, 0.5) is 5.69 Å². The van der Waals surface area contributed by atoms with Crippen LogP contribution in [0.1, 0.15) is 23.3 Å². The van der Waals surface area contributed by atoms with E-state index in [0.717, 1.165) is 7.11 Å². The van der Waals surface area contributed by atoms with Gasteiger partial charge in [0.25, 0.3) is 11.2 Å². The largest absolute Gasteiger partial charge is 0.488 e. The molecule has 3 rings (SSSR count). The number of carbonyl (C=O) groups is 1. The maximum absolute atomic E-state index is 12.6. The second kappa shape index (κ2) is 5.34. The molecule has 1 aromatic heterocycles. The summed E-state index contributed by atoms with van der Waals surface area (Å²) in [6.07, 6.45) is 0. The van der Waals surface area contributed by atoms with Crippen molar-refractivity contribution < 1.29 is 19.2 Å². The van der Waals surface area contributed by atoms with E-state index in [9.17, 15) is 19.7 Å². The number of benzene rings is 1. The summed E-state index contributed by atoms with van der Waals surface area (Å²) >= 11 is 3.23. The molecule has 0 fully saturated rings. The van der Waals surface area contributed by atoms with E-state index in [1.807, 2.05) is 0 Å². The van der Waals surface area contributed by atoms with E-state index >= 15 is 0 Å². The Morgan fingerprint density at radius 2 is 2.22 bits per heavy atom. The van der Waals surface area contributed by atoms with Crippen LogP contribution >= 0.6 is 15.9 Å². The molecule has 0 bridgehead atoms. The molecular weight excluding hydrogens is 372 g/mol. The summed E-state index contributed by atoms with van der Waals surface area (Å²) in [6.45, 7) is 1.95. The molecule has 120 valence electrons. The molecule has 1 aliphatic heterocycles. The molecule has 0 saturated carbocycles. The first kappa shape index (κ1) is 15.5. The number of hydrogen-bond acceptors (Lipinski definition) is 6. The minimum Gasteiger partial charge on any atom is -0.488 e. The van der Waals surface area contributed by atoms with E-state index in [-0.39, 0.29) is 29.3 Å². The molecule has 0 radical (unpaired) electrons. The third kappa shape index (κ3) is 2.19. The number of carbonyl (C=O) groups excluding carboxylic acids is 1. The van der Waals surface area contributed by atoms with E-state index in [1.54, 1.807) is 6.92 Å². The second-order valence-corrected chi connectivity index (χ2v) is 5.97. The van der Waals surface area contributed by atoms with Gasteiger partial charge in [-0.1, -0.05) is 0 Å². The summed E-state index contributed by atoms with van der Waals surface area (Å²) in [5.41, 5.74) is -0.742. The summed E-state index contributed by atoms with van der Waals surface area (Å²) in [5.74, 6) is -0.490. The number of nitro benzene ring substituents is 1. The van der Waals surface area contributed by atoms with Crippen LogP contribution < -0.4 is 10.3 Å². The summed E-state index contributed by atoms with van der Waals surface area (Å²) in [4.78, 5) is 35.3. The Bertz CT molecular complexity index is 920. The van der Waals surface area contributed by atoms with Gasteiger partial charge in [-0.3, -0.25) is 19.5 Å². The lowest BCUT2D eigenvalue weighted by atomic mass is 10.1. The van der Waals surface area contributed by atoms with Gasteiger partial charge in [0.2, 0.25) is 0 Å². The number of nitrogens with zero attached hydrogens (tertiary/aromatic N) is 2. The summed E-state index contributed by atoms with van der Waals surface area (Å²) in [7, 11) is 1.15. The minimum atomic E-state index is -0.835. The molecule has 8 nitrogen and oxygen atoms in total. The molecule has 0 spiro atoms. The van der Waals surface area contributed by atoms with Crippen LogP contribution in [-0.4, -0.2) is 29.2 Å². The highest BCUT2D eigenvalue weighted by Crippen LogP contribution is 2.42. The topological polar surface area (TPSA) is 101 Å². The molecule has 0 unspecified atom stereocenters. The number of non-ortho nitro benzene ring substituents is 1. The maximum Gasteiger partial charge on any atom is 0.343 e. The molecule has 1 aliphatic rings. The molecular formula is C14H11BrN2O6. The molecule has 0 aliphatic carbocycles. The fraction of sp³-hybridized carbons (Fsp3) is 0.286.